The molecule has 0 aromatic carbocycles. The first-order valence-corrected chi connectivity index (χ1v) is 7.25. The maximum atomic E-state index is 12.1. The smallest absolute Gasteiger partial charge is 0.242 e. The summed E-state index contributed by atoms with van der Waals surface area (Å²) in [6.07, 6.45) is 4.80. The molecular weight excluding hydrogens is 264 g/mol. The fourth-order valence-electron chi connectivity index (χ4n) is 1.69. The Balaban J connectivity index is 2.14. The molecule has 6 nitrogen and oxygen atoms in total. The van der Waals surface area contributed by atoms with Gasteiger partial charge in [-0.25, -0.2) is 13.1 Å². The fourth-order valence-corrected chi connectivity index (χ4v) is 2.80. The first-order chi connectivity index (χ1) is 9.03. The monoisotopic (exact) mass is 280 g/mol. The Morgan fingerprint density at radius 2 is 2.05 bits per heavy atom. The van der Waals surface area contributed by atoms with Crippen LogP contribution in [-0.4, -0.2) is 18.0 Å². The molecule has 2 rings (SSSR count). The van der Waals surface area contributed by atoms with E-state index < -0.39 is 10.0 Å². The number of nitrogens with one attached hydrogen (secondary N) is 1. The molecule has 7 heteroatoms. The van der Waals surface area contributed by atoms with Crippen LogP contribution < -0.4 is 10.5 Å². The summed E-state index contributed by atoms with van der Waals surface area (Å²) in [6.45, 7) is 0.536. The minimum Gasteiger partial charge on any atom is -0.352 e. The van der Waals surface area contributed by atoms with Crippen molar-refractivity contribution in [3.05, 3.63) is 48.0 Å². The normalized spacial score (nSPS) is 11.7. The number of aryl methyl sites for hydroxylation is 1. The van der Waals surface area contributed by atoms with Crippen LogP contribution in [0.1, 0.15) is 11.3 Å². The van der Waals surface area contributed by atoms with Crippen LogP contribution in [-0.2, 0) is 30.2 Å². The van der Waals surface area contributed by atoms with E-state index in [1.807, 2.05) is 0 Å². The Hall–Kier alpha value is -1.70. The Morgan fingerprint density at radius 3 is 2.63 bits per heavy atom. The second-order valence-corrected chi connectivity index (χ2v) is 5.93. The molecule has 0 aliphatic rings. The molecule has 0 saturated heterocycles. The van der Waals surface area contributed by atoms with Crippen LogP contribution in [0.5, 0.6) is 0 Å². The zero-order valence-electron chi connectivity index (χ0n) is 10.6. The third-order valence-corrected chi connectivity index (χ3v) is 4.19. The molecule has 0 bridgehead atoms. The summed E-state index contributed by atoms with van der Waals surface area (Å²) in [5.74, 6) is 0. The van der Waals surface area contributed by atoms with E-state index in [0.29, 0.717) is 6.54 Å². The van der Waals surface area contributed by atoms with Gasteiger partial charge in [0, 0.05) is 44.4 Å². The summed E-state index contributed by atoms with van der Waals surface area (Å²) < 4.78 is 28.5. The molecule has 0 fully saturated rings. The highest BCUT2D eigenvalue weighted by Gasteiger charge is 2.16. The lowest BCUT2D eigenvalue weighted by molar-refractivity contribution is 0.581. The highest BCUT2D eigenvalue weighted by atomic mass is 32.2. The molecule has 3 N–H and O–H groups in total. The summed E-state index contributed by atoms with van der Waals surface area (Å²) in [5, 5.41) is 0. The largest absolute Gasteiger partial charge is 0.352 e. The van der Waals surface area contributed by atoms with E-state index in [0.717, 1.165) is 11.3 Å². The number of hydrogen-bond donors (Lipinski definition) is 2. The van der Waals surface area contributed by atoms with E-state index in [1.54, 1.807) is 48.4 Å². The molecular formula is C12H16N4O2S. The van der Waals surface area contributed by atoms with Crippen molar-refractivity contribution in [2.75, 3.05) is 0 Å². The van der Waals surface area contributed by atoms with Gasteiger partial charge < -0.3 is 10.3 Å². The van der Waals surface area contributed by atoms with E-state index in [1.165, 1.54) is 0 Å². The maximum absolute atomic E-state index is 12.1. The van der Waals surface area contributed by atoms with Crippen molar-refractivity contribution in [2.45, 2.75) is 18.0 Å². The van der Waals surface area contributed by atoms with Gasteiger partial charge in [0.15, 0.2) is 0 Å². The molecule has 0 spiro atoms. The van der Waals surface area contributed by atoms with Crippen LogP contribution in [0.3, 0.4) is 0 Å². The number of hydrogen-bond acceptors (Lipinski definition) is 4. The van der Waals surface area contributed by atoms with Gasteiger partial charge in [-0.15, -0.1) is 0 Å². The molecule has 2 aromatic heterocycles. The Kier molecular flexibility index (Phi) is 3.98. The molecule has 0 radical (unpaired) electrons. The Morgan fingerprint density at radius 1 is 1.37 bits per heavy atom. The van der Waals surface area contributed by atoms with Gasteiger partial charge in [-0.05, 0) is 23.8 Å². The van der Waals surface area contributed by atoms with Crippen LogP contribution >= 0.6 is 0 Å². The van der Waals surface area contributed by atoms with Crippen LogP contribution in [0.25, 0.3) is 0 Å². The number of pyridine rings is 1. The van der Waals surface area contributed by atoms with Crippen LogP contribution in [0.15, 0.2) is 41.7 Å². The number of nitrogens with two attached hydrogens (primary N) is 1. The van der Waals surface area contributed by atoms with Crippen LogP contribution in [0, 0.1) is 0 Å². The Labute approximate surface area is 112 Å². The van der Waals surface area contributed by atoms with Gasteiger partial charge in [0.25, 0.3) is 0 Å². The first-order valence-electron chi connectivity index (χ1n) is 5.77. The summed E-state index contributed by atoms with van der Waals surface area (Å²) in [7, 11) is -1.75. The van der Waals surface area contributed by atoms with Crippen molar-refractivity contribution in [2.24, 2.45) is 12.8 Å². The van der Waals surface area contributed by atoms with Crippen molar-refractivity contribution in [3.63, 3.8) is 0 Å². The molecule has 0 atom stereocenters. The van der Waals surface area contributed by atoms with Gasteiger partial charge >= 0.3 is 0 Å². The number of nitrogens with zero attached hydrogens (tertiary/aromatic N) is 2. The van der Waals surface area contributed by atoms with E-state index in [9.17, 15) is 8.42 Å². The summed E-state index contributed by atoms with van der Waals surface area (Å²) in [4.78, 5) is 4.11. The van der Waals surface area contributed by atoms with Crippen molar-refractivity contribution >= 4 is 10.0 Å². The summed E-state index contributed by atoms with van der Waals surface area (Å²) in [6, 6.07) is 5.10. The molecule has 19 heavy (non-hydrogen) atoms. The molecule has 102 valence electrons. The van der Waals surface area contributed by atoms with Gasteiger partial charge in [-0.3, -0.25) is 4.98 Å². The predicted octanol–water partition coefficient (Wildman–Crippen LogP) is 0.357. The predicted molar refractivity (Wildman–Crippen MR) is 71.6 cm³/mol. The molecule has 2 aromatic rings. The zero-order valence-corrected chi connectivity index (χ0v) is 11.4. The van der Waals surface area contributed by atoms with Gasteiger partial charge in [-0.1, -0.05) is 0 Å². The number of rotatable bonds is 5. The quantitative estimate of drug-likeness (QED) is 0.827. The Bertz CT molecular complexity index is 650. The topological polar surface area (TPSA) is 90.0 Å². The van der Waals surface area contributed by atoms with Gasteiger partial charge in [-0.2, -0.15) is 0 Å². The van der Waals surface area contributed by atoms with E-state index in [2.05, 4.69) is 9.71 Å². The molecule has 0 amide bonds. The van der Waals surface area contributed by atoms with Crippen molar-refractivity contribution < 1.29 is 8.42 Å². The van der Waals surface area contributed by atoms with Crippen molar-refractivity contribution in [1.82, 2.24) is 14.3 Å². The average Bonchev–Trinajstić information content (AvgIpc) is 2.80. The number of aromatic nitrogens is 2. The summed E-state index contributed by atoms with van der Waals surface area (Å²) >= 11 is 0. The highest BCUT2D eigenvalue weighted by molar-refractivity contribution is 7.89. The average molecular weight is 280 g/mol. The standard InChI is InChI=1S/C12H16N4O2S/c1-16-9-12(6-11(16)7-13)19(17,18)15-8-10-2-4-14-5-3-10/h2-6,9,15H,7-8,13H2,1H3. The van der Waals surface area contributed by atoms with Crippen molar-refractivity contribution in [1.29, 1.82) is 0 Å². The second-order valence-electron chi connectivity index (χ2n) is 4.16. The van der Waals surface area contributed by atoms with E-state index in [-0.39, 0.29) is 11.4 Å². The third-order valence-electron chi connectivity index (χ3n) is 2.82. The SMILES string of the molecule is Cn1cc(S(=O)(=O)NCc2ccncc2)cc1CN. The molecule has 0 aliphatic carbocycles. The zero-order chi connectivity index (χ0) is 13.9. The highest BCUT2D eigenvalue weighted by Crippen LogP contribution is 2.13. The third kappa shape index (κ3) is 3.19. The maximum Gasteiger partial charge on any atom is 0.242 e. The fraction of sp³-hybridized carbons (Fsp3) is 0.250. The van der Waals surface area contributed by atoms with Crippen LogP contribution in [0.4, 0.5) is 0 Å². The molecule has 2 heterocycles. The lowest BCUT2D eigenvalue weighted by atomic mass is 10.3. The first kappa shape index (κ1) is 13.7. The van der Waals surface area contributed by atoms with Crippen molar-refractivity contribution in [3.8, 4) is 0 Å². The van der Waals surface area contributed by atoms with E-state index in [4.69, 9.17) is 5.73 Å². The van der Waals surface area contributed by atoms with Gasteiger partial charge in [0.05, 0.1) is 4.90 Å². The summed E-state index contributed by atoms with van der Waals surface area (Å²) in [5.41, 5.74) is 7.15. The second kappa shape index (κ2) is 5.52. The lowest BCUT2D eigenvalue weighted by Crippen LogP contribution is -2.22. The van der Waals surface area contributed by atoms with Gasteiger partial charge in [0.2, 0.25) is 10.0 Å². The molecule has 0 aliphatic heterocycles. The van der Waals surface area contributed by atoms with Crippen LogP contribution in [0.2, 0.25) is 0 Å². The minimum absolute atomic E-state index is 0.226. The minimum atomic E-state index is -3.52. The lowest BCUT2D eigenvalue weighted by Gasteiger charge is -2.04. The molecule has 0 saturated carbocycles. The number of sulfonamides is 1. The van der Waals surface area contributed by atoms with E-state index >= 15 is 0 Å². The molecule has 0 unspecified atom stereocenters. The van der Waals surface area contributed by atoms with Gasteiger partial charge in [0.1, 0.15) is 0 Å².